The second kappa shape index (κ2) is 59.4. The van der Waals surface area contributed by atoms with E-state index in [4.69, 9.17) is 14.2 Å². The van der Waals surface area contributed by atoms with Crippen LogP contribution in [0.4, 0.5) is 0 Å². The van der Waals surface area contributed by atoms with E-state index in [2.05, 4.69) is 136 Å². The molecule has 0 N–H and O–H groups in total. The van der Waals surface area contributed by atoms with Crippen LogP contribution in [-0.4, -0.2) is 37.2 Å². The molecule has 0 aromatic rings. The number of hydrogen-bond acceptors (Lipinski definition) is 6. The van der Waals surface area contributed by atoms with Crippen molar-refractivity contribution in [1.29, 1.82) is 0 Å². The molecule has 0 aliphatic rings. The molecule has 6 heteroatoms. The van der Waals surface area contributed by atoms with Gasteiger partial charge in [-0.2, -0.15) is 0 Å². The fourth-order valence-electron chi connectivity index (χ4n) is 7.76. The van der Waals surface area contributed by atoms with Gasteiger partial charge >= 0.3 is 17.9 Å². The molecule has 0 spiro atoms. The van der Waals surface area contributed by atoms with E-state index < -0.39 is 6.10 Å². The lowest BCUT2D eigenvalue weighted by Gasteiger charge is -2.18. The number of unbranched alkanes of at least 4 members (excludes halogenated alkanes) is 21. The molecular weight excluding hydrogens is 889 g/mol. The first-order valence-corrected chi connectivity index (χ1v) is 29.5. The first kappa shape index (κ1) is 67.8. The molecule has 0 aliphatic heterocycles. The highest BCUT2D eigenvalue weighted by molar-refractivity contribution is 5.71. The zero-order valence-corrected chi connectivity index (χ0v) is 46.7. The van der Waals surface area contributed by atoms with Crippen LogP contribution in [0, 0.1) is 0 Å². The summed E-state index contributed by atoms with van der Waals surface area (Å²) in [5, 5.41) is 0. The van der Waals surface area contributed by atoms with Crippen LogP contribution < -0.4 is 0 Å². The van der Waals surface area contributed by atoms with E-state index in [0.29, 0.717) is 19.3 Å². The third-order valence-electron chi connectivity index (χ3n) is 12.2. The quantitative estimate of drug-likeness (QED) is 0.0261. The van der Waals surface area contributed by atoms with E-state index >= 15 is 0 Å². The van der Waals surface area contributed by atoms with Gasteiger partial charge in [0.1, 0.15) is 13.2 Å². The van der Waals surface area contributed by atoms with Crippen molar-refractivity contribution in [1.82, 2.24) is 0 Å². The normalized spacial score (nSPS) is 13.0. The summed E-state index contributed by atoms with van der Waals surface area (Å²) in [5.74, 6) is -1.02. The summed E-state index contributed by atoms with van der Waals surface area (Å²) < 4.78 is 16.8. The van der Waals surface area contributed by atoms with Gasteiger partial charge in [-0.15, -0.1) is 0 Å². The van der Waals surface area contributed by atoms with Gasteiger partial charge in [-0.05, 0) is 122 Å². The van der Waals surface area contributed by atoms with Crippen LogP contribution in [0.2, 0.25) is 0 Å². The summed E-state index contributed by atoms with van der Waals surface area (Å²) in [7, 11) is 0. The van der Waals surface area contributed by atoms with Gasteiger partial charge in [-0.3, -0.25) is 14.4 Å². The summed E-state index contributed by atoms with van der Waals surface area (Å²) >= 11 is 0. The molecule has 0 heterocycles. The molecule has 0 aromatic heterocycles. The highest BCUT2D eigenvalue weighted by Gasteiger charge is 2.19. The lowest BCUT2D eigenvalue weighted by molar-refractivity contribution is -0.166. The summed E-state index contributed by atoms with van der Waals surface area (Å²) in [5.41, 5.74) is 0. The molecule has 0 amide bonds. The van der Waals surface area contributed by atoms with Crippen molar-refractivity contribution in [3.8, 4) is 0 Å². The zero-order chi connectivity index (χ0) is 52.2. The van der Waals surface area contributed by atoms with Crippen LogP contribution in [0.5, 0.6) is 0 Å². The molecule has 0 saturated heterocycles. The van der Waals surface area contributed by atoms with Crippen molar-refractivity contribution < 1.29 is 28.6 Å². The maximum Gasteiger partial charge on any atom is 0.306 e. The Balaban J connectivity index is 4.55. The summed E-state index contributed by atoms with van der Waals surface area (Å²) in [6.07, 6.45) is 82.0. The molecule has 0 fully saturated rings. The summed E-state index contributed by atoms with van der Waals surface area (Å²) in [4.78, 5) is 38.2. The third-order valence-corrected chi connectivity index (χ3v) is 12.2. The van der Waals surface area contributed by atoms with E-state index in [-0.39, 0.29) is 37.5 Å². The predicted octanol–water partition coefficient (Wildman–Crippen LogP) is 20.0. The van der Waals surface area contributed by atoms with Crippen LogP contribution in [0.25, 0.3) is 0 Å². The van der Waals surface area contributed by atoms with Gasteiger partial charge in [-0.25, -0.2) is 0 Å². The Bertz CT molecular complexity index is 1520. The Kier molecular flexibility index (Phi) is 55.9. The Hall–Kier alpha value is -4.19. The number of ether oxygens (including phenoxy) is 3. The van der Waals surface area contributed by atoms with E-state index in [9.17, 15) is 14.4 Å². The number of rotatable bonds is 52. The van der Waals surface area contributed by atoms with Gasteiger partial charge in [0.15, 0.2) is 6.10 Å². The van der Waals surface area contributed by atoms with Crippen LogP contribution in [0.15, 0.2) is 122 Å². The van der Waals surface area contributed by atoms with Crippen molar-refractivity contribution in [2.24, 2.45) is 0 Å². The fraction of sp³-hybridized carbons (Fsp3) is 0.652. The van der Waals surface area contributed by atoms with Crippen molar-refractivity contribution in [3.05, 3.63) is 122 Å². The molecule has 0 radical (unpaired) electrons. The topological polar surface area (TPSA) is 78.9 Å². The average molecular weight is 998 g/mol. The second-order valence-corrected chi connectivity index (χ2v) is 19.2. The number of esters is 3. The monoisotopic (exact) mass is 997 g/mol. The largest absolute Gasteiger partial charge is 0.462 e. The molecule has 0 saturated carbocycles. The smallest absolute Gasteiger partial charge is 0.306 e. The molecule has 0 rings (SSSR count). The van der Waals surface area contributed by atoms with Gasteiger partial charge in [0.2, 0.25) is 0 Å². The second-order valence-electron chi connectivity index (χ2n) is 19.2. The Morgan fingerprint density at radius 1 is 0.292 bits per heavy atom. The maximum atomic E-state index is 12.9. The predicted molar refractivity (Wildman–Crippen MR) is 311 cm³/mol. The van der Waals surface area contributed by atoms with E-state index in [1.165, 1.54) is 96.3 Å². The van der Waals surface area contributed by atoms with E-state index in [0.717, 1.165) is 116 Å². The number of hydrogen-bond donors (Lipinski definition) is 0. The number of carbonyl (C=O) groups is 3. The highest BCUT2D eigenvalue weighted by Crippen LogP contribution is 2.14. The van der Waals surface area contributed by atoms with Crippen molar-refractivity contribution in [2.75, 3.05) is 13.2 Å². The molecule has 1 atom stereocenters. The van der Waals surface area contributed by atoms with E-state index in [1.807, 2.05) is 6.08 Å². The van der Waals surface area contributed by atoms with Crippen LogP contribution in [0.1, 0.15) is 258 Å². The SMILES string of the molecule is CC/C=C\C/C=C\C/C=C\C/C=C\C/C=C\C/C=C\CCC(=O)OCC(COC(=O)CCCCCCC/C=C\CCCCCCCCC)OC(=O)CCCCCCCC/C=C\C/C=C\C/C=C\CCCCC. The maximum absolute atomic E-state index is 12.9. The van der Waals surface area contributed by atoms with Gasteiger partial charge in [0, 0.05) is 19.3 Å². The van der Waals surface area contributed by atoms with Gasteiger partial charge in [0.05, 0.1) is 0 Å². The molecular formula is C66H108O6. The van der Waals surface area contributed by atoms with Gasteiger partial charge < -0.3 is 14.2 Å². The van der Waals surface area contributed by atoms with Gasteiger partial charge in [0.25, 0.3) is 0 Å². The minimum atomic E-state index is -0.823. The van der Waals surface area contributed by atoms with Crippen LogP contribution in [-0.2, 0) is 28.6 Å². The molecule has 0 aliphatic carbocycles. The van der Waals surface area contributed by atoms with Crippen molar-refractivity contribution in [2.45, 2.75) is 264 Å². The van der Waals surface area contributed by atoms with Crippen LogP contribution in [0.3, 0.4) is 0 Å². The van der Waals surface area contributed by atoms with Gasteiger partial charge in [-0.1, -0.05) is 239 Å². The summed E-state index contributed by atoms with van der Waals surface area (Å²) in [6.45, 7) is 6.42. The lowest BCUT2D eigenvalue weighted by Crippen LogP contribution is -2.30. The minimum absolute atomic E-state index is 0.114. The average Bonchev–Trinajstić information content (AvgIpc) is 3.38. The molecule has 408 valence electrons. The minimum Gasteiger partial charge on any atom is -0.462 e. The zero-order valence-electron chi connectivity index (χ0n) is 46.7. The Labute approximate surface area is 443 Å². The standard InChI is InChI=1S/C66H108O6/c1-4-7-10-13-16-19-22-25-28-31-33-35-38-41-44-47-50-53-56-59-65(68)71-62-63(61-70-64(67)58-55-52-49-46-43-40-37-30-27-24-21-18-15-12-9-6-3)72-66(69)60-57-54-51-48-45-42-39-36-34-32-29-26-23-20-17-14-11-8-5-2/h7,10,16-17,19-20,25-26,28-30,33-37,41,44,50,53,63H,4-6,8-9,11-15,18,21-24,27,31-32,38-40,42-43,45-49,51-52,54-62H2,1-3H3/b10-7-,19-16-,20-17-,28-25-,29-26-,35-33-,36-34-,37-30-,44-41-,53-50-. The van der Waals surface area contributed by atoms with Crippen LogP contribution >= 0.6 is 0 Å². The Morgan fingerprint density at radius 2 is 0.569 bits per heavy atom. The molecule has 0 bridgehead atoms. The number of allylic oxidation sites excluding steroid dienone is 20. The van der Waals surface area contributed by atoms with Crippen molar-refractivity contribution >= 4 is 17.9 Å². The first-order valence-electron chi connectivity index (χ1n) is 29.5. The first-order chi connectivity index (χ1) is 35.5. The fourth-order valence-corrected chi connectivity index (χ4v) is 7.76. The van der Waals surface area contributed by atoms with E-state index in [1.54, 1.807) is 0 Å². The molecule has 6 nitrogen and oxygen atoms in total. The molecule has 0 aromatic carbocycles. The number of carbonyl (C=O) groups excluding carboxylic acids is 3. The molecule has 1 unspecified atom stereocenters. The highest BCUT2D eigenvalue weighted by atomic mass is 16.6. The third kappa shape index (κ3) is 56.7. The molecule has 72 heavy (non-hydrogen) atoms. The Morgan fingerprint density at radius 3 is 0.972 bits per heavy atom. The van der Waals surface area contributed by atoms with Crippen molar-refractivity contribution in [3.63, 3.8) is 0 Å². The lowest BCUT2D eigenvalue weighted by atomic mass is 10.1. The summed E-state index contributed by atoms with van der Waals surface area (Å²) in [6, 6.07) is 0.